The van der Waals surface area contributed by atoms with E-state index in [9.17, 15) is 26.4 Å². The molecule has 0 saturated heterocycles. The van der Waals surface area contributed by atoms with Crippen LogP contribution in [0.4, 0.5) is 19.0 Å². The number of halogens is 3. The number of pyridine rings is 1. The summed E-state index contributed by atoms with van der Waals surface area (Å²) in [5, 5.41) is 0. The normalized spacial score (nSPS) is 16.3. The molecule has 3 N–H and O–H groups in total. The van der Waals surface area contributed by atoms with Gasteiger partial charge in [-0.15, -0.1) is 0 Å². The van der Waals surface area contributed by atoms with Crippen molar-refractivity contribution in [1.29, 1.82) is 0 Å². The summed E-state index contributed by atoms with van der Waals surface area (Å²) in [6.07, 6.45) is 5.14. The van der Waals surface area contributed by atoms with E-state index in [2.05, 4.69) is 21.4 Å². The molecule has 0 spiro atoms. The molecule has 1 fully saturated rings. The highest BCUT2D eigenvalue weighted by Gasteiger charge is 2.34. The maximum atomic E-state index is 15.0. The standard InChI is InChI=1S/C30H40F3N3O4S/c1-8-19(11-16(2)20-9-10-20)26(22-15-35-25(13-18(22)4)36-41(38,39)30(5,6)7)27(28(34)37)21-14-23(31)24(12-17(21)3)40-29(32)33/h12-16,19-20,29H,8-11H2,1-7H3,(H2,34,37)(H,35,36). The van der Waals surface area contributed by atoms with Gasteiger partial charge in [0.05, 0.1) is 10.3 Å². The summed E-state index contributed by atoms with van der Waals surface area (Å²) < 4.78 is 71.8. The lowest BCUT2D eigenvalue weighted by Gasteiger charge is -2.27. The number of hydrogen-bond acceptors (Lipinski definition) is 5. The number of nitrogens with two attached hydrogens (primary N) is 1. The topological polar surface area (TPSA) is 111 Å². The van der Waals surface area contributed by atoms with Gasteiger partial charge in [-0.2, -0.15) is 8.78 Å². The Labute approximate surface area is 240 Å². The minimum Gasteiger partial charge on any atom is -0.432 e. The number of aromatic nitrogens is 1. The second-order valence-electron chi connectivity index (χ2n) is 11.9. The minimum atomic E-state index is -3.74. The molecule has 3 rings (SSSR count). The average Bonchev–Trinajstić information content (AvgIpc) is 3.68. The Kier molecular flexibility index (Phi) is 9.83. The fraction of sp³-hybridized carbons (Fsp3) is 0.533. The van der Waals surface area contributed by atoms with Crippen molar-refractivity contribution >= 4 is 32.9 Å². The molecule has 1 saturated carbocycles. The molecule has 2 aromatic rings. The van der Waals surface area contributed by atoms with E-state index in [0.29, 0.717) is 40.5 Å². The molecule has 226 valence electrons. The van der Waals surface area contributed by atoms with Gasteiger partial charge < -0.3 is 10.5 Å². The Balaban J connectivity index is 2.26. The molecule has 0 bridgehead atoms. The lowest BCUT2D eigenvalue weighted by molar-refractivity contribution is -0.112. The molecule has 2 unspecified atom stereocenters. The van der Waals surface area contributed by atoms with Crippen LogP contribution in [0.1, 0.15) is 82.6 Å². The van der Waals surface area contributed by atoms with Crippen molar-refractivity contribution in [3.63, 3.8) is 0 Å². The molecule has 41 heavy (non-hydrogen) atoms. The van der Waals surface area contributed by atoms with Gasteiger partial charge in [0.2, 0.25) is 15.9 Å². The van der Waals surface area contributed by atoms with Crippen LogP contribution >= 0.6 is 0 Å². The highest BCUT2D eigenvalue weighted by Crippen LogP contribution is 2.45. The van der Waals surface area contributed by atoms with Gasteiger partial charge in [-0.05, 0) is 119 Å². The SMILES string of the molecule is CCC(CC(C)C1CC1)C(=C(C(N)=O)c1cc(F)c(OC(F)F)cc1C)c1cnc(NS(=O)(=O)C(C)(C)C)cc1C. The zero-order valence-electron chi connectivity index (χ0n) is 24.6. The van der Waals surface area contributed by atoms with E-state index in [1.165, 1.54) is 6.20 Å². The summed E-state index contributed by atoms with van der Waals surface area (Å²) in [6, 6.07) is 3.71. The maximum absolute atomic E-state index is 15.0. The molecule has 1 aliphatic rings. The molecule has 1 amide bonds. The molecule has 1 heterocycles. The number of allylic oxidation sites excluding steroid dienone is 1. The third-order valence-corrected chi connectivity index (χ3v) is 9.80. The van der Waals surface area contributed by atoms with E-state index >= 15 is 0 Å². The molecular formula is C30H40F3N3O4S. The number of hydrogen-bond donors (Lipinski definition) is 2. The number of rotatable bonds is 12. The van der Waals surface area contributed by atoms with Crippen molar-refractivity contribution in [2.75, 3.05) is 4.72 Å². The van der Waals surface area contributed by atoms with Crippen LogP contribution in [-0.4, -0.2) is 30.7 Å². The van der Waals surface area contributed by atoms with Crippen LogP contribution in [0.15, 0.2) is 24.4 Å². The van der Waals surface area contributed by atoms with E-state index < -0.39 is 38.9 Å². The van der Waals surface area contributed by atoms with Crippen LogP contribution in [0.25, 0.3) is 11.1 Å². The minimum absolute atomic E-state index is 0.0627. The van der Waals surface area contributed by atoms with Crippen LogP contribution in [0.2, 0.25) is 0 Å². The average molecular weight is 596 g/mol. The van der Waals surface area contributed by atoms with Crippen LogP contribution in [0.3, 0.4) is 0 Å². The van der Waals surface area contributed by atoms with Crippen LogP contribution < -0.4 is 15.2 Å². The number of sulfonamides is 1. The summed E-state index contributed by atoms with van der Waals surface area (Å²) in [6.45, 7) is 9.00. The number of benzene rings is 1. The number of carbonyl (C=O) groups is 1. The zero-order chi connectivity index (χ0) is 30.9. The molecule has 2 atom stereocenters. The number of amides is 1. The van der Waals surface area contributed by atoms with Gasteiger partial charge in [0.25, 0.3) is 0 Å². The third-order valence-electron chi connectivity index (χ3n) is 7.71. The van der Waals surface area contributed by atoms with E-state index in [0.717, 1.165) is 31.4 Å². The molecule has 1 aromatic carbocycles. The van der Waals surface area contributed by atoms with Crippen molar-refractivity contribution in [1.82, 2.24) is 4.98 Å². The Morgan fingerprint density at radius 3 is 2.24 bits per heavy atom. The second kappa shape index (κ2) is 12.4. The maximum Gasteiger partial charge on any atom is 0.387 e. The fourth-order valence-electron chi connectivity index (χ4n) is 5.06. The molecular weight excluding hydrogens is 555 g/mol. The lowest BCUT2D eigenvalue weighted by Crippen LogP contribution is -2.34. The number of aryl methyl sites for hydroxylation is 2. The van der Waals surface area contributed by atoms with E-state index in [1.807, 2.05) is 6.92 Å². The van der Waals surface area contributed by atoms with Crippen molar-refractivity contribution in [2.24, 2.45) is 23.5 Å². The van der Waals surface area contributed by atoms with Crippen LogP contribution in [0.5, 0.6) is 5.75 Å². The van der Waals surface area contributed by atoms with Crippen molar-refractivity contribution < 1.29 is 31.1 Å². The summed E-state index contributed by atoms with van der Waals surface area (Å²) in [4.78, 5) is 17.5. The number of alkyl halides is 2. The van der Waals surface area contributed by atoms with Crippen molar-refractivity contribution in [3.8, 4) is 5.75 Å². The van der Waals surface area contributed by atoms with E-state index in [-0.39, 0.29) is 22.9 Å². The first-order chi connectivity index (χ1) is 19.0. The zero-order valence-corrected chi connectivity index (χ0v) is 25.5. The van der Waals surface area contributed by atoms with Gasteiger partial charge in [-0.1, -0.05) is 13.8 Å². The first-order valence-electron chi connectivity index (χ1n) is 13.7. The Morgan fingerprint density at radius 1 is 1.15 bits per heavy atom. The highest BCUT2D eigenvalue weighted by atomic mass is 32.2. The predicted octanol–water partition coefficient (Wildman–Crippen LogP) is 6.84. The largest absolute Gasteiger partial charge is 0.432 e. The molecule has 7 nitrogen and oxygen atoms in total. The predicted molar refractivity (Wildman–Crippen MR) is 155 cm³/mol. The number of carbonyl (C=O) groups excluding carboxylic acids is 1. The van der Waals surface area contributed by atoms with Gasteiger partial charge in [-0.3, -0.25) is 9.52 Å². The number of anilines is 1. The van der Waals surface area contributed by atoms with Crippen molar-refractivity contribution in [2.45, 2.75) is 85.5 Å². The Hall–Kier alpha value is -3.08. The van der Waals surface area contributed by atoms with Gasteiger partial charge in [0.1, 0.15) is 5.82 Å². The lowest BCUT2D eigenvalue weighted by atomic mass is 9.77. The highest BCUT2D eigenvalue weighted by molar-refractivity contribution is 7.94. The Morgan fingerprint density at radius 2 is 1.76 bits per heavy atom. The summed E-state index contributed by atoms with van der Waals surface area (Å²) >= 11 is 0. The van der Waals surface area contributed by atoms with Gasteiger partial charge in [0.15, 0.2) is 11.6 Å². The number of primary amides is 1. The number of ether oxygens (including phenoxy) is 1. The summed E-state index contributed by atoms with van der Waals surface area (Å²) in [7, 11) is -3.74. The fourth-order valence-corrected chi connectivity index (χ4v) is 5.75. The first kappa shape index (κ1) is 32.4. The molecule has 0 radical (unpaired) electrons. The molecule has 0 aliphatic heterocycles. The van der Waals surface area contributed by atoms with E-state index in [1.54, 1.807) is 40.7 Å². The van der Waals surface area contributed by atoms with Gasteiger partial charge in [-0.25, -0.2) is 17.8 Å². The third kappa shape index (κ3) is 7.61. The van der Waals surface area contributed by atoms with E-state index in [4.69, 9.17) is 5.73 Å². The second-order valence-corrected chi connectivity index (χ2v) is 14.3. The van der Waals surface area contributed by atoms with Gasteiger partial charge in [0, 0.05) is 11.8 Å². The number of nitrogens with one attached hydrogen (secondary N) is 1. The Bertz CT molecular complexity index is 1430. The quantitative estimate of drug-likeness (QED) is 0.261. The molecule has 1 aromatic heterocycles. The summed E-state index contributed by atoms with van der Waals surface area (Å²) in [5.41, 5.74) is 8.30. The smallest absolute Gasteiger partial charge is 0.387 e. The molecule has 1 aliphatic carbocycles. The van der Waals surface area contributed by atoms with Crippen LogP contribution in [0, 0.1) is 37.4 Å². The first-order valence-corrected chi connectivity index (χ1v) is 15.2. The van der Waals surface area contributed by atoms with Crippen LogP contribution in [-0.2, 0) is 14.8 Å². The molecule has 11 heteroatoms. The number of nitrogens with zero attached hydrogens (tertiary/aromatic N) is 1. The monoisotopic (exact) mass is 595 g/mol. The van der Waals surface area contributed by atoms with Crippen molar-refractivity contribution in [3.05, 3.63) is 52.5 Å². The summed E-state index contributed by atoms with van der Waals surface area (Å²) in [5.74, 6) is -1.60. The van der Waals surface area contributed by atoms with Gasteiger partial charge >= 0.3 is 6.61 Å².